The first-order chi connectivity index (χ1) is 5.95. The van der Waals surface area contributed by atoms with Crippen molar-refractivity contribution in [2.75, 3.05) is 0 Å². The van der Waals surface area contributed by atoms with Gasteiger partial charge in [-0.1, -0.05) is 12.0 Å². The molecule has 2 rings (SSSR count). The number of hydrogen-bond donors (Lipinski definition) is 1. The molecule has 0 amide bonds. The standard InChI is InChI=1S/C8H12N4/c1-2-4-7(5-3-1)6-8-9-11-12-10-8/h6H,1-5H2,(H,9,10,11,12). The predicted octanol–water partition coefficient (Wildman–Crippen LogP) is 1.55. The summed E-state index contributed by atoms with van der Waals surface area (Å²) in [6, 6.07) is 0. The number of aromatic amines is 1. The number of aromatic nitrogens is 4. The maximum absolute atomic E-state index is 3.89. The summed E-state index contributed by atoms with van der Waals surface area (Å²) >= 11 is 0. The van der Waals surface area contributed by atoms with Gasteiger partial charge in [0.05, 0.1) is 0 Å². The van der Waals surface area contributed by atoms with Gasteiger partial charge in [0, 0.05) is 0 Å². The molecule has 4 heteroatoms. The largest absolute Gasteiger partial charge is 0.197 e. The third-order valence-electron chi connectivity index (χ3n) is 2.19. The topological polar surface area (TPSA) is 54.5 Å². The second-order valence-electron chi connectivity index (χ2n) is 3.13. The Kier molecular flexibility index (Phi) is 2.16. The van der Waals surface area contributed by atoms with Crippen LogP contribution >= 0.6 is 0 Å². The molecule has 0 bridgehead atoms. The number of hydrogen-bond acceptors (Lipinski definition) is 3. The minimum atomic E-state index is 0.715. The summed E-state index contributed by atoms with van der Waals surface area (Å²) in [7, 11) is 0. The zero-order valence-corrected chi connectivity index (χ0v) is 6.95. The fourth-order valence-electron chi connectivity index (χ4n) is 1.56. The Morgan fingerprint density at radius 3 is 2.67 bits per heavy atom. The average molecular weight is 164 g/mol. The average Bonchev–Trinajstić information content (AvgIpc) is 2.59. The highest BCUT2D eigenvalue weighted by Crippen LogP contribution is 2.23. The predicted molar refractivity (Wildman–Crippen MR) is 45.2 cm³/mol. The van der Waals surface area contributed by atoms with Crippen LogP contribution in [0.2, 0.25) is 0 Å². The number of nitrogens with one attached hydrogen (secondary N) is 1. The molecular weight excluding hydrogens is 152 g/mol. The van der Waals surface area contributed by atoms with Gasteiger partial charge in [-0.05, 0) is 37.0 Å². The summed E-state index contributed by atoms with van der Waals surface area (Å²) in [5, 5.41) is 13.7. The van der Waals surface area contributed by atoms with Gasteiger partial charge in [-0.15, -0.1) is 10.2 Å². The van der Waals surface area contributed by atoms with Crippen LogP contribution in [0.1, 0.15) is 37.9 Å². The minimum absolute atomic E-state index is 0.715. The molecule has 64 valence electrons. The summed E-state index contributed by atoms with van der Waals surface area (Å²) in [6.45, 7) is 0. The second-order valence-corrected chi connectivity index (χ2v) is 3.13. The molecule has 0 unspecified atom stereocenters. The molecular formula is C8H12N4. The normalized spacial score (nSPS) is 17.8. The third kappa shape index (κ3) is 1.69. The molecule has 1 fully saturated rings. The zero-order chi connectivity index (χ0) is 8.23. The van der Waals surface area contributed by atoms with E-state index in [-0.39, 0.29) is 0 Å². The first-order valence-corrected chi connectivity index (χ1v) is 4.38. The van der Waals surface area contributed by atoms with E-state index in [1.807, 2.05) is 6.08 Å². The lowest BCUT2D eigenvalue weighted by Gasteiger charge is -2.11. The summed E-state index contributed by atoms with van der Waals surface area (Å²) in [6.07, 6.45) is 8.43. The molecule has 0 atom stereocenters. The van der Waals surface area contributed by atoms with Crippen LogP contribution in [0.3, 0.4) is 0 Å². The molecule has 0 aromatic carbocycles. The molecule has 0 saturated heterocycles. The lowest BCUT2D eigenvalue weighted by Crippen LogP contribution is -1.93. The fraction of sp³-hybridized carbons (Fsp3) is 0.625. The minimum Gasteiger partial charge on any atom is -0.177 e. The van der Waals surface area contributed by atoms with Gasteiger partial charge in [0.2, 0.25) is 0 Å². The quantitative estimate of drug-likeness (QED) is 0.685. The molecule has 0 radical (unpaired) electrons. The van der Waals surface area contributed by atoms with Crippen molar-refractivity contribution in [3.05, 3.63) is 11.4 Å². The van der Waals surface area contributed by atoms with Gasteiger partial charge in [-0.2, -0.15) is 5.21 Å². The number of rotatable bonds is 1. The van der Waals surface area contributed by atoms with Crippen LogP contribution < -0.4 is 0 Å². The van der Waals surface area contributed by atoms with E-state index in [0.29, 0.717) is 5.82 Å². The van der Waals surface area contributed by atoms with E-state index in [1.54, 1.807) is 0 Å². The van der Waals surface area contributed by atoms with Crippen LogP contribution in [0.5, 0.6) is 0 Å². The summed E-state index contributed by atoms with van der Waals surface area (Å²) < 4.78 is 0. The number of tetrazole rings is 1. The summed E-state index contributed by atoms with van der Waals surface area (Å²) in [5.41, 5.74) is 1.46. The van der Waals surface area contributed by atoms with E-state index < -0.39 is 0 Å². The van der Waals surface area contributed by atoms with Gasteiger partial charge >= 0.3 is 0 Å². The number of H-pyrrole nitrogens is 1. The maximum atomic E-state index is 3.89. The van der Waals surface area contributed by atoms with Crippen molar-refractivity contribution in [1.82, 2.24) is 20.6 Å². The zero-order valence-electron chi connectivity index (χ0n) is 6.95. The summed E-state index contributed by atoms with van der Waals surface area (Å²) in [4.78, 5) is 0. The molecule has 4 nitrogen and oxygen atoms in total. The molecule has 1 aliphatic rings. The third-order valence-corrected chi connectivity index (χ3v) is 2.19. The molecule has 1 aromatic rings. The molecule has 12 heavy (non-hydrogen) atoms. The van der Waals surface area contributed by atoms with Crippen molar-refractivity contribution in [3.63, 3.8) is 0 Å². The van der Waals surface area contributed by atoms with E-state index in [9.17, 15) is 0 Å². The van der Waals surface area contributed by atoms with Crippen molar-refractivity contribution in [2.45, 2.75) is 32.1 Å². The maximum Gasteiger partial charge on any atom is 0.197 e. The molecule has 1 aromatic heterocycles. The van der Waals surface area contributed by atoms with Crippen LogP contribution in [0.15, 0.2) is 5.57 Å². The SMILES string of the molecule is C(=C1CCCCC1)c1nn[nH]n1. The molecule has 1 heterocycles. The van der Waals surface area contributed by atoms with E-state index in [2.05, 4.69) is 20.6 Å². The van der Waals surface area contributed by atoms with E-state index in [4.69, 9.17) is 0 Å². The van der Waals surface area contributed by atoms with Gasteiger partial charge in [0.1, 0.15) is 0 Å². The Bertz CT molecular complexity index is 255. The monoisotopic (exact) mass is 164 g/mol. The lowest BCUT2D eigenvalue weighted by molar-refractivity contribution is 0.602. The van der Waals surface area contributed by atoms with Gasteiger partial charge in [-0.3, -0.25) is 0 Å². The van der Waals surface area contributed by atoms with E-state index in [1.165, 1.54) is 37.7 Å². The second kappa shape index (κ2) is 3.47. The van der Waals surface area contributed by atoms with Gasteiger partial charge in [0.15, 0.2) is 5.82 Å². The van der Waals surface area contributed by atoms with E-state index >= 15 is 0 Å². The van der Waals surface area contributed by atoms with Crippen molar-refractivity contribution in [3.8, 4) is 0 Å². The van der Waals surface area contributed by atoms with Gasteiger partial charge in [-0.25, -0.2) is 0 Å². The van der Waals surface area contributed by atoms with Crippen molar-refractivity contribution < 1.29 is 0 Å². The van der Waals surface area contributed by atoms with Crippen molar-refractivity contribution in [1.29, 1.82) is 0 Å². The molecule has 1 aliphatic carbocycles. The van der Waals surface area contributed by atoms with Gasteiger partial charge in [0.25, 0.3) is 0 Å². The van der Waals surface area contributed by atoms with Crippen molar-refractivity contribution in [2.24, 2.45) is 0 Å². The number of allylic oxidation sites excluding steroid dienone is 1. The Labute approximate surface area is 71.1 Å². The molecule has 0 spiro atoms. The number of nitrogens with zero attached hydrogens (tertiary/aromatic N) is 3. The Balaban J connectivity index is 2.07. The summed E-state index contributed by atoms with van der Waals surface area (Å²) in [5.74, 6) is 0.715. The first kappa shape index (κ1) is 7.46. The first-order valence-electron chi connectivity index (χ1n) is 4.38. The highest BCUT2D eigenvalue weighted by atomic mass is 15.5. The molecule has 0 aliphatic heterocycles. The van der Waals surface area contributed by atoms with Crippen LogP contribution in [0, 0.1) is 0 Å². The van der Waals surface area contributed by atoms with E-state index in [0.717, 1.165) is 0 Å². The molecule has 1 saturated carbocycles. The van der Waals surface area contributed by atoms with Gasteiger partial charge < -0.3 is 0 Å². The Morgan fingerprint density at radius 2 is 2.00 bits per heavy atom. The Hall–Kier alpha value is -1.19. The lowest BCUT2D eigenvalue weighted by atomic mass is 9.95. The molecule has 1 N–H and O–H groups in total. The highest BCUT2D eigenvalue weighted by Gasteiger charge is 2.05. The Morgan fingerprint density at radius 1 is 1.17 bits per heavy atom. The highest BCUT2D eigenvalue weighted by molar-refractivity contribution is 5.44. The van der Waals surface area contributed by atoms with Crippen LogP contribution in [0.25, 0.3) is 6.08 Å². The smallest absolute Gasteiger partial charge is 0.177 e. The van der Waals surface area contributed by atoms with Crippen LogP contribution in [-0.4, -0.2) is 20.6 Å². The van der Waals surface area contributed by atoms with Crippen molar-refractivity contribution >= 4 is 6.08 Å². The fourth-order valence-corrected chi connectivity index (χ4v) is 1.56. The van der Waals surface area contributed by atoms with Crippen LogP contribution in [-0.2, 0) is 0 Å². The van der Waals surface area contributed by atoms with Crippen LogP contribution in [0.4, 0.5) is 0 Å².